The number of ether oxygens (including phenoxy) is 3. The fourth-order valence-corrected chi connectivity index (χ4v) is 10.3. The summed E-state index contributed by atoms with van der Waals surface area (Å²) in [5.41, 5.74) is 9.65. The lowest BCUT2D eigenvalue weighted by Crippen LogP contribution is -2.64. The number of esters is 1. The maximum Gasteiger partial charge on any atom is 0.408 e. The SMILES string of the molecule is CC[C@H](C)C1NC(=O)[C@@H](CCCNC(=N)N)NC(=O)[C@H](CC(C)C)NC(=O)[C@H]([C@H](O)C(C)C)NC(=O)[C@@H](NC(=O)[C@H](COCc2ccccc2)NC(=O)[C@@H](CC(C)(C)C)NC(=O)OC(C)(C)C)[C@@H](c2ccccc2)OC(=O)[C@H](CO)NC(=O)[C@H]([C@H](O)C(N)=O)NC(=O)CNC(=O)C([C@H](C)O)NC1=O. The summed E-state index contributed by atoms with van der Waals surface area (Å²) < 4.78 is 17.5. The van der Waals surface area contributed by atoms with E-state index < -0.39 is 216 Å². The molecule has 35 heteroatoms. The van der Waals surface area contributed by atoms with Gasteiger partial charge in [-0.1, -0.05) is 129 Å². The number of nitrogens with one attached hydrogen (secondary N) is 13. The van der Waals surface area contributed by atoms with Gasteiger partial charge in [-0.3, -0.25) is 58.1 Å². The molecule has 1 aliphatic rings. The van der Waals surface area contributed by atoms with Gasteiger partial charge in [0.15, 0.2) is 24.2 Å². The van der Waals surface area contributed by atoms with Crippen LogP contribution in [0.3, 0.4) is 0 Å². The molecule has 2 aromatic rings. The Morgan fingerprint density at radius 3 is 1.76 bits per heavy atom. The van der Waals surface area contributed by atoms with E-state index in [-0.39, 0.29) is 50.8 Å². The smallest absolute Gasteiger partial charge is 0.408 e. The highest BCUT2D eigenvalue weighted by Crippen LogP contribution is 2.26. The van der Waals surface area contributed by atoms with Crippen LogP contribution >= 0.6 is 0 Å². The van der Waals surface area contributed by atoms with Gasteiger partial charge in [0.25, 0.3) is 0 Å². The highest BCUT2D eigenvalue weighted by Gasteiger charge is 2.44. The summed E-state index contributed by atoms with van der Waals surface area (Å²) in [5, 5.41) is 81.3. The van der Waals surface area contributed by atoms with Gasteiger partial charge in [0.2, 0.25) is 65.0 Å². The molecular formula is C68H107N15O20. The van der Waals surface area contributed by atoms with Crippen molar-refractivity contribution in [3.8, 4) is 0 Å². The van der Waals surface area contributed by atoms with Crippen LogP contribution in [0.2, 0.25) is 0 Å². The van der Waals surface area contributed by atoms with E-state index in [1.165, 1.54) is 44.2 Å². The van der Waals surface area contributed by atoms with Crippen molar-refractivity contribution < 1.29 is 97.0 Å². The molecule has 1 heterocycles. The largest absolute Gasteiger partial charge is 0.453 e. The lowest BCUT2D eigenvalue weighted by Gasteiger charge is -2.34. The highest BCUT2D eigenvalue weighted by molar-refractivity contribution is 6.00. The molecule has 0 spiro atoms. The number of hydrogen-bond acceptors (Lipinski definition) is 21. The van der Waals surface area contributed by atoms with Crippen LogP contribution in [0.1, 0.15) is 139 Å². The van der Waals surface area contributed by atoms with Gasteiger partial charge in [-0.15, -0.1) is 0 Å². The van der Waals surface area contributed by atoms with Crippen molar-refractivity contribution in [3.63, 3.8) is 0 Å². The number of cyclic esters (lactones) is 1. The molecule has 2 aromatic carbocycles. The van der Waals surface area contributed by atoms with Crippen molar-refractivity contribution in [2.24, 2.45) is 34.6 Å². The molecule has 0 bridgehead atoms. The van der Waals surface area contributed by atoms with Crippen LogP contribution < -0.4 is 75.3 Å². The second-order valence-corrected chi connectivity index (χ2v) is 28.2. The average Bonchev–Trinajstić information content (AvgIpc) is 0.810. The molecule has 1 fully saturated rings. The maximum atomic E-state index is 15.7. The topological polar surface area (TPSA) is 551 Å². The fraction of sp³-hybridized carbons (Fsp3) is 0.618. The molecule has 3 rings (SSSR count). The number of aliphatic hydroxyl groups excluding tert-OH is 4. The molecule has 103 heavy (non-hydrogen) atoms. The van der Waals surface area contributed by atoms with Crippen LogP contribution in [0.15, 0.2) is 60.7 Å². The quantitative estimate of drug-likeness (QED) is 0.0203. The molecule has 1 saturated heterocycles. The first-order valence-corrected chi connectivity index (χ1v) is 34.0. The van der Waals surface area contributed by atoms with Gasteiger partial charge < -0.3 is 110 Å². The minimum Gasteiger partial charge on any atom is -0.453 e. The summed E-state index contributed by atoms with van der Waals surface area (Å²) in [6.45, 7) is 17.3. The van der Waals surface area contributed by atoms with E-state index in [4.69, 9.17) is 31.1 Å². The Hall–Kier alpha value is -9.58. The predicted octanol–water partition coefficient (Wildman–Crippen LogP) is -3.10. The molecule has 15 atom stereocenters. The fourth-order valence-electron chi connectivity index (χ4n) is 10.3. The van der Waals surface area contributed by atoms with Crippen LogP contribution in [-0.4, -0.2) is 214 Å². The molecule has 0 saturated carbocycles. The van der Waals surface area contributed by atoms with Crippen molar-refractivity contribution >= 4 is 83.0 Å². The zero-order valence-electron chi connectivity index (χ0n) is 60.6. The third-order valence-electron chi connectivity index (χ3n) is 15.9. The predicted molar refractivity (Wildman–Crippen MR) is 372 cm³/mol. The Bertz CT molecular complexity index is 3220. The third kappa shape index (κ3) is 30.1. The molecule has 574 valence electrons. The number of benzene rings is 2. The summed E-state index contributed by atoms with van der Waals surface area (Å²) in [4.78, 5) is 187. The van der Waals surface area contributed by atoms with Gasteiger partial charge in [0.1, 0.15) is 60.0 Å². The van der Waals surface area contributed by atoms with Gasteiger partial charge >= 0.3 is 12.1 Å². The molecule has 12 amide bonds. The van der Waals surface area contributed by atoms with Crippen molar-refractivity contribution in [1.29, 1.82) is 5.41 Å². The Labute approximate surface area is 599 Å². The number of guanidine groups is 1. The summed E-state index contributed by atoms with van der Waals surface area (Å²) in [7, 11) is 0. The molecule has 1 aliphatic heterocycles. The standard InChI is InChI=1S/C68H107N15O20/c1-14-36(6)46-60(95)81-47(37(7)85)59(94)73-30-45(86)79-49(52(88)54(69)89)62(97)76-43(31-84)64(99)102-53(39-24-19-16-20-25-39)50(83-58(93)44(33-101-32-38-22-17-15-18-23-38)77-57(92)42(29-67(8,9)10)78-66(100)103-68(11,12)13)63(98)82-48(51(87)35(4)5)61(96)75-41(28-34(2)3)56(91)74-40(55(90)80-46)26-21-27-72-65(70)71/h15-20,22-25,34-37,40-44,46-53,84-85,87-88H,14,21,26-33H2,1-13H3,(H2,69,89)(H,73,94)(H,74,91)(H,75,96)(H,76,97)(H,77,92)(H,78,100)(H,79,86)(H,80,90)(H,81,95)(H,82,98)(H,83,93)(H4,70,71,72)/t36-,37-,40+,41-,42+,43-,44-,46?,47?,48-,49-,50-,51+,52-,53+/m0/s1. The molecular weight excluding hydrogens is 1350 g/mol. The summed E-state index contributed by atoms with van der Waals surface area (Å²) in [6, 6.07) is -3.60. The van der Waals surface area contributed by atoms with Crippen molar-refractivity contribution in [1.82, 2.24) is 63.8 Å². The molecule has 0 aliphatic carbocycles. The van der Waals surface area contributed by atoms with Gasteiger partial charge in [0.05, 0.1) is 38.6 Å². The molecule has 21 N–H and O–H groups in total. The van der Waals surface area contributed by atoms with Crippen LogP contribution in [0.5, 0.6) is 0 Å². The molecule has 0 aromatic heterocycles. The molecule has 0 radical (unpaired) electrons. The Morgan fingerprint density at radius 2 is 1.21 bits per heavy atom. The first-order valence-electron chi connectivity index (χ1n) is 34.0. The van der Waals surface area contributed by atoms with Gasteiger partial charge in [-0.05, 0) is 87.7 Å². The van der Waals surface area contributed by atoms with Crippen LogP contribution in [0, 0.1) is 28.6 Å². The van der Waals surface area contributed by atoms with Crippen LogP contribution in [0.4, 0.5) is 4.79 Å². The third-order valence-corrected chi connectivity index (χ3v) is 15.9. The van der Waals surface area contributed by atoms with E-state index in [2.05, 4.69) is 53.2 Å². The highest BCUT2D eigenvalue weighted by atomic mass is 16.6. The van der Waals surface area contributed by atoms with Crippen molar-refractivity contribution in [3.05, 3.63) is 71.8 Å². The van der Waals surface area contributed by atoms with Gasteiger partial charge in [-0.25, -0.2) is 9.59 Å². The molecule has 35 nitrogen and oxygen atoms in total. The Morgan fingerprint density at radius 1 is 0.660 bits per heavy atom. The molecule has 2 unspecified atom stereocenters. The Balaban J connectivity index is 2.48. The number of alkyl carbamates (subject to hydrolysis) is 1. The first-order chi connectivity index (χ1) is 48.1. The number of aliphatic hydroxyl groups is 4. The summed E-state index contributed by atoms with van der Waals surface area (Å²) in [5.74, 6) is -17.9. The number of hydrogen-bond donors (Lipinski definition) is 19. The second-order valence-electron chi connectivity index (χ2n) is 28.2. The summed E-state index contributed by atoms with van der Waals surface area (Å²) >= 11 is 0. The van der Waals surface area contributed by atoms with Gasteiger partial charge in [0, 0.05) is 6.54 Å². The van der Waals surface area contributed by atoms with Gasteiger partial charge in [-0.2, -0.15) is 0 Å². The van der Waals surface area contributed by atoms with E-state index in [1.54, 1.807) is 99.6 Å². The van der Waals surface area contributed by atoms with Crippen LogP contribution in [0.25, 0.3) is 0 Å². The zero-order valence-corrected chi connectivity index (χ0v) is 60.6. The number of amides is 12. The zero-order chi connectivity index (χ0) is 77.8. The number of nitrogens with two attached hydrogens (primary N) is 2. The van der Waals surface area contributed by atoms with Crippen molar-refractivity contribution in [2.45, 2.75) is 219 Å². The lowest BCUT2D eigenvalue weighted by molar-refractivity contribution is -0.159. The monoisotopic (exact) mass is 1450 g/mol. The van der Waals surface area contributed by atoms with Crippen molar-refractivity contribution in [2.75, 3.05) is 26.3 Å². The van der Waals surface area contributed by atoms with E-state index in [0.29, 0.717) is 5.56 Å². The average molecular weight is 1450 g/mol. The first kappa shape index (κ1) is 87.6. The van der Waals surface area contributed by atoms with E-state index in [1.807, 2.05) is 10.6 Å². The van der Waals surface area contributed by atoms with E-state index in [9.17, 15) is 68.4 Å². The number of rotatable bonds is 25. The van der Waals surface area contributed by atoms with E-state index in [0.717, 1.165) is 6.92 Å². The normalized spacial score (nSPS) is 23.2. The summed E-state index contributed by atoms with van der Waals surface area (Å²) in [6.07, 6.45) is -9.60. The maximum absolute atomic E-state index is 15.7. The van der Waals surface area contributed by atoms with E-state index >= 15 is 14.4 Å². The number of carbonyl (C=O) groups excluding carboxylic acids is 13. The number of carbonyl (C=O) groups is 13. The number of primary amides is 1. The Kier molecular flexibility index (Phi) is 35.3. The van der Waals surface area contributed by atoms with Crippen LogP contribution in [-0.2, 0) is 78.4 Å². The lowest BCUT2D eigenvalue weighted by atomic mass is 9.87. The minimum absolute atomic E-state index is 0.00989. The minimum atomic E-state index is -2.62. The second kappa shape index (κ2) is 41.5.